The number of nitrogens with zero attached hydrogens (tertiary/aromatic N) is 3. The Hall–Kier alpha value is -3.34. The molecule has 0 N–H and O–H groups in total. The molecule has 0 radical (unpaired) electrons. The number of hydrogen-bond donors (Lipinski definition) is 0. The van der Waals surface area contributed by atoms with Gasteiger partial charge in [0.2, 0.25) is 5.91 Å². The van der Waals surface area contributed by atoms with Crippen molar-refractivity contribution in [3.63, 3.8) is 0 Å². The van der Waals surface area contributed by atoms with E-state index in [9.17, 15) is 9.59 Å². The highest BCUT2D eigenvalue weighted by Gasteiger charge is 2.27. The molecule has 2 amide bonds. The van der Waals surface area contributed by atoms with Crippen LogP contribution in [0.4, 0.5) is 0 Å². The van der Waals surface area contributed by atoms with Gasteiger partial charge in [0.25, 0.3) is 5.91 Å². The summed E-state index contributed by atoms with van der Waals surface area (Å²) >= 11 is 0. The summed E-state index contributed by atoms with van der Waals surface area (Å²) in [5.74, 6) is -0.141. The molecule has 0 saturated heterocycles. The van der Waals surface area contributed by atoms with E-state index in [-0.39, 0.29) is 35.9 Å². The molecule has 0 aliphatic carbocycles. The lowest BCUT2D eigenvalue weighted by molar-refractivity contribution is -0.135. The van der Waals surface area contributed by atoms with Crippen molar-refractivity contribution in [1.29, 1.82) is 0 Å². The lowest BCUT2D eigenvalue weighted by Gasteiger charge is -2.33. The van der Waals surface area contributed by atoms with E-state index < -0.39 is 0 Å². The summed E-state index contributed by atoms with van der Waals surface area (Å²) < 4.78 is 2.22. The molecule has 38 heavy (non-hydrogen) atoms. The van der Waals surface area contributed by atoms with Crippen LogP contribution in [0.25, 0.3) is 0 Å². The van der Waals surface area contributed by atoms with Crippen LogP contribution in [0.2, 0.25) is 0 Å². The first-order valence-electron chi connectivity index (χ1n) is 13.8. The molecule has 1 aromatic heterocycles. The van der Waals surface area contributed by atoms with E-state index >= 15 is 0 Å². The zero-order chi connectivity index (χ0) is 28.0. The van der Waals surface area contributed by atoms with E-state index in [0.29, 0.717) is 12.1 Å². The zero-order valence-electron chi connectivity index (χ0n) is 24.5. The Morgan fingerprint density at radius 1 is 0.895 bits per heavy atom. The molecule has 5 heteroatoms. The molecule has 3 aromatic rings. The van der Waals surface area contributed by atoms with Crippen molar-refractivity contribution in [3.05, 3.63) is 94.8 Å². The number of carbonyl (C=O) groups is 2. The molecule has 0 fully saturated rings. The van der Waals surface area contributed by atoms with Crippen LogP contribution in [-0.4, -0.2) is 44.8 Å². The van der Waals surface area contributed by atoms with Crippen LogP contribution < -0.4 is 0 Å². The Morgan fingerprint density at radius 3 is 2.13 bits per heavy atom. The highest BCUT2D eigenvalue weighted by molar-refractivity contribution is 5.96. The number of amides is 2. The number of rotatable bonds is 10. The van der Waals surface area contributed by atoms with E-state index in [1.165, 1.54) is 16.7 Å². The normalized spacial score (nSPS) is 12.4. The van der Waals surface area contributed by atoms with E-state index in [1.807, 2.05) is 49.1 Å². The van der Waals surface area contributed by atoms with Gasteiger partial charge >= 0.3 is 0 Å². The first-order chi connectivity index (χ1) is 17.9. The molecule has 1 unspecified atom stereocenters. The molecule has 5 nitrogen and oxygen atoms in total. The molecule has 1 heterocycles. The Balaban J connectivity index is 1.80. The average molecular weight is 516 g/mol. The largest absolute Gasteiger partial charge is 0.345 e. The molecule has 0 saturated carbocycles. The molecule has 0 aliphatic heterocycles. The van der Waals surface area contributed by atoms with Crippen molar-refractivity contribution < 1.29 is 9.59 Å². The highest BCUT2D eigenvalue weighted by Crippen LogP contribution is 2.23. The van der Waals surface area contributed by atoms with Crippen LogP contribution in [0.5, 0.6) is 0 Å². The van der Waals surface area contributed by atoms with Crippen LogP contribution in [0.15, 0.2) is 66.9 Å². The molecule has 0 bridgehead atoms. The van der Waals surface area contributed by atoms with Gasteiger partial charge in [-0.05, 0) is 80.5 Å². The second kappa shape index (κ2) is 12.5. The highest BCUT2D eigenvalue weighted by atomic mass is 16.2. The van der Waals surface area contributed by atoms with Crippen molar-refractivity contribution in [2.45, 2.75) is 92.4 Å². The summed E-state index contributed by atoms with van der Waals surface area (Å²) in [7, 11) is 0. The second-order valence-electron chi connectivity index (χ2n) is 11.7. The van der Waals surface area contributed by atoms with Crippen molar-refractivity contribution in [2.24, 2.45) is 0 Å². The van der Waals surface area contributed by atoms with Gasteiger partial charge in [0.05, 0.1) is 6.54 Å². The van der Waals surface area contributed by atoms with E-state index in [4.69, 9.17) is 0 Å². The van der Waals surface area contributed by atoms with Crippen LogP contribution in [-0.2, 0) is 23.3 Å². The Morgan fingerprint density at radius 2 is 1.55 bits per heavy atom. The van der Waals surface area contributed by atoms with Gasteiger partial charge in [0.15, 0.2) is 0 Å². The SMILES string of the molecule is CCC(C)N(Cc1cccn1Cc1ccccc1C)C(=O)CN(C(=O)c1ccc(C(C)(C)C)cc1)C(C)C. The first kappa shape index (κ1) is 29.2. The predicted molar refractivity (Wildman–Crippen MR) is 156 cm³/mol. The first-order valence-corrected chi connectivity index (χ1v) is 13.8. The van der Waals surface area contributed by atoms with Crippen LogP contribution in [0.1, 0.15) is 87.6 Å². The Bertz CT molecular complexity index is 1220. The van der Waals surface area contributed by atoms with E-state index in [1.54, 1.807) is 4.90 Å². The fourth-order valence-corrected chi connectivity index (χ4v) is 4.61. The van der Waals surface area contributed by atoms with Gasteiger partial charge in [0.1, 0.15) is 6.54 Å². The van der Waals surface area contributed by atoms with Crippen molar-refractivity contribution in [3.8, 4) is 0 Å². The second-order valence-corrected chi connectivity index (χ2v) is 11.7. The summed E-state index contributed by atoms with van der Waals surface area (Å²) in [6.07, 6.45) is 2.92. The summed E-state index contributed by atoms with van der Waals surface area (Å²) in [5.41, 5.74) is 5.41. The van der Waals surface area contributed by atoms with Gasteiger partial charge in [-0.3, -0.25) is 9.59 Å². The third-order valence-electron chi connectivity index (χ3n) is 7.49. The van der Waals surface area contributed by atoms with Gasteiger partial charge in [-0.25, -0.2) is 0 Å². The number of benzene rings is 2. The molecular formula is C33H45N3O2. The van der Waals surface area contributed by atoms with E-state index in [2.05, 4.69) is 82.6 Å². The van der Waals surface area contributed by atoms with Crippen molar-refractivity contribution in [2.75, 3.05) is 6.54 Å². The Kier molecular flexibility index (Phi) is 9.59. The van der Waals surface area contributed by atoms with E-state index in [0.717, 1.165) is 18.7 Å². The molecule has 0 spiro atoms. The maximum absolute atomic E-state index is 13.8. The summed E-state index contributed by atoms with van der Waals surface area (Å²) in [6, 6.07) is 20.3. The maximum Gasteiger partial charge on any atom is 0.254 e. The fourth-order valence-electron chi connectivity index (χ4n) is 4.61. The molecule has 2 aromatic carbocycles. The molecule has 204 valence electrons. The number of hydrogen-bond acceptors (Lipinski definition) is 2. The summed E-state index contributed by atoms with van der Waals surface area (Å²) in [6.45, 7) is 18.0. The average Bonchev–Trinajstić information content (AvgIpc) is 3.32. The fraction of sp³-hybridized carbons (Fsp3) is 0.455. The monoisotopic (exact) mass is 515 g/mol. The lowest BCUT2D eigenvalue weighted by Crippen LogP contribution is -2.48. The summed E-state index contributed by atoms with van der Waals surface area (Å²) in [4.78, 5) is 30.9. The predicted octanol–water partition coefficient (Wildman–Crippen LogP) is 6.82. The number of aromatic nitrogens is 1. The van der Waals surface area contributed by atoms with Crippen molar-refractivity contribution in [1.82, 2.24) is 14.4 Å². The minimum Gasteiger partial charge on any atom is -0.345 e. The van der Waals surface area contributed by atoms with Crippen LogP contribution in [0.3, 0.4) is 0 Å². The van der Waals surface area contributed by atoms with Gasteiger partial charge in [-0.1, -0.05) is 64.1 Å². The lowest BCUT2D eigenvalue weighted by atomic mass is 9.86. The van der Waals surface area contributed by atoms with Gasteiger partial charge in [-0.15, -0.1) is 0 Å². The number of carbonyl (C=O) groups excluding carboxylic acids is 2. The topological polar surface area (TPSA) is 45.6 Å². The molecule has 3 rings (SSSR count). The quantitative estimate of drug-likeness (QED) is 0.297. The standard InChI is InChI=1S/C33H45N3O2/c1-9-26(5)36(22-30-15-12-20-34(30)21-28-14-11-10-13-25(28)4)31(37)23-35(24(2)3)32(38)27-16-18-29(19-17-27)33(6,7)8/h10-20,24,26H,9,21-23H2,1-8H3. The Labute approximate surface area is 229 Å². The van der Waals surface area contributed by atoms with Gasteiger partial charge < -0.3 is 14.4 Å². The molecule has 0 aliphatic rings. The molecular weight excluding hydrogens is 470 g/mol. The molecule has 1 atom stereocenters. The van der Waals surface area contributed by atoms with Gasteiger partial charge in [-0.2, -0.15) is 0 Å². The smallest absolute Gasteiger partial charge is 0.254 e. The van der Waals surface area contributed by atoms with Crippen LogP contribution in [0, 0.1) is 6.92 Å². The zero-order valence-corrected chi connectivity index (χ0v) is 24.5. The maximum atomic E-state index is 13.8. The van der Waals surface area contributed by atoms with Gasteiger partial charge in [0, 0.05) is 36.1 Å². The summed E-state index contributed by atoms with van der Waals surface area (Å²) in [5, 5.41) is 0. The minimum atomic E-state index is -0.110. The third kappa shape index (κ3) is 7.15. The third-order valence-corrected chi connectivity index (χ3v) is 7.49. The van der Waals surface area contributed by atoms with Crippen LogP contribution >= 0.6 is 0 Å². The minimum absolute atomic E-state index is 0.0168. The number of aryl methyl sites for hydroxylation is 1. The van der Waals surface area contributed by atoms with Crippen molar-refractivity contribution >= 4 is 11.8 Å².